The van der Waals surface area contributed by atoms with Crippen LogP contribution in [0, 0.1) is 6.92 Å². The van der Waals surface area contributed by atoms with Crippen molar-refractivity contribution in [3.63, 3.8) is 0 Å². The van der Waals surface area contributed by atoms with Crippen molar-refractivity contribution in [1.29, 1.82) is 0 Å². The Morgan fingerprint density at radius 1 is 1.12 bits per heavy atom. The molecule has 0 aliphatic heterocycles. The maximum atomic E-state index is 12.0. The van der Waals surface area contributed by atoms with Gasteiger partial charge in [-0.15, -0.1) is 0 Å². The molecule has 0 heterocycles. The number of rotatable bonds is 5. The molecule has 0 radical (unpaired) electrons. The molecule has 0 aromatic heterocycles. The van der Waals surface area contributed by atoms with Crippen molar-refractivity contribution in [2.45, 2.75) is 23.5 Å². The molecule has 134 valence electrons. The van der Waals surface area contributed by atoms with Gasteiger partial charge in [-0.05, 0) is 25.1 Å². The first kappa shape index (κ1) is 20.0. The highest BCUT2D eigenvalue weighted by Crippen LogP contribution is 2.31. The lowest BCUT2D eigenvalue weighted by atomic mass is 10.2. The summed E-state index contributed by atoms with van der Waals surface area (Å²) in [7, 11) is 0. The first-order chi connectivity index (χ1) is 11.8. The maximum absolute atomic E-state index is 12.0. The predicted molar refractivity (Wildman–Crippen MR) is 104 cm³/mol. The largest absolute Gasteiger partial charge is 0.445 e. The fourth-order valence-electron chi connectivity index (χ4n) is 1.93. The van der Waals surface area contributed by atoms with Gasteiger partial charge in [0.05, 0.1) is 0 Å². The van der Waals surface area contributed by atoms with Crippen LogP contribution in [-0.2, 0) is 11.3 Å². The van der Waals surface area contributed by atoms with Crippen LogP contribution in [0.3, 0.4) is 0 Å². The zero-order chi connectivity index (χ0) is 18.4. The minimum Gasteiger partial charge on any atom is -0.445 e. The van der Waals surface area contributed by atoms with Crippen LogP contribution in [0.15, 0.2) is 48.5 Å². The van der Waals surface area contributed by atoms with Gasteiger partial charge in [-0.3, -0.25) is 5.32 Å². The van der Waals surface area contributed by atoms with Crippen LogP contribution in [0.2, 0.25) is 5.02 Å². The summed E-state index contributed by atoms with van der Waals surface area (Å²) in [5, 5.41) is 5.96. The normalized spacial score (nSPS) is 12.4. The van der Waals surface area contributed by atoms with E-state index in [1.807, 2.05) is 31.2 Å². The van der Waals surface area contributed by atoms with Crippen molar-refractivity contribution < 1.29 is 9.53 Å². The molecule has 0 bridgehead atoms. The highest BCUT2D eigenvalue weighted by molar-refractivity contribution is 6.68. The van der Waals surface area contributed by atoms with Gasteiger partial charge in [-0.25, -0.2) is 4.79 Å². The Morgan fingerprint density at radius 2 is 1.76 bits per heavy atom. The number of amides is 1. The van der Waals surface area contributed by atoms with Crippen molar-refractivity contribution in [3.8, 4) is 0 Å². The zero-order valence-corrected chi connectivity index (χ0v) is 16.3. The second-order valence-corrected chi connectivity index (χ2v) is 8.07. The molecule has 4 nitrogen and oxygen atoms in total. The molecule has 2 N–H and O–H groups in total. The molecule has 2 aromatic rings. The Bertz CT molecular complexity index is 717. The number of benzene rings is 2. The minimum atomic E-state index is -1.78. The third-order valence-electron chi connectivity index (χ3n) is 3.27. The predicted octanol–water partition coefficient (Wildman–Crippen LogP) is 5.68. The number of alkyl halides is 3. The van der Waals surface area contributed by atoms with Crippen LogP contribution in [0.25, 0.3) is 0 Å². The van der Waals surface area contributed by atoms with E-state index in [-0.39, 0.29) is 6.61 Å². The summed E-state index contributed by atoms with van der Waals surface area (Å²) in [6.45, 7) is 1.96. The molecule has 25 heavy (non-hydrogen) atoms. The Morgan fingerprint density at radius 3 is 2.36 bits per heavy atom. The van der Waals surface area contributed by atoms with E-state index in [1.165, 1.54) is 0 Å². The Kier molecular flexibility index (Phi) is 7.08. The van der Waals surface area contributed by atoms with Crippen molar-refractivity contribution >= 4 is 58.2 Å². The van der Waals surface area contributed by atoms with Crippen LogP contribution in [0.4, 0.5) is 10.5 Å². The first-order valence-corrected chi connectivity index (χ1v) is 8.83. The maximum Gasteiger partial charge on any atom is 0.409 e. The molecule has 1 atom stereocenters. The van der Waals surface area contributed by atoms with Crippen molar-refractivity contribution in [2.24, 2.45) is 0 Å². The Labute approximate surface area is 166 Å². The van der Waals surface area contributed by atoms with Crippen LogP contribution >= 0.6 is 46.4 Å². The van der Waals surface area contributed by atoms with Gasteiger partial charge in [0.2, 0.25) is 3.79 Å². The van der Waals surface area contributed by atoms with Gasteiger partial charge in [-0.1, -0.05) is 82.3 Å². The van der Waals surface area contributed by atoms with E-state index >= 15 is 0 Å². The fourth-order valence-corrected chi connectivity index (χ4v) is 2.45. The van der Waals surface area contributed by atoms with Crippen LogP contribution in [-0.4, -0.2) is 16.1 Å². The minimum absolute atomic E-state index is 0.00259. The highest BCUT2D eigenvalue weighted by atomic mass is 35.6. The molecule has 0 aliphatic rings. The molecule has 1 unspecified atom stereocenters. The smallest absolute Gasteiger partial charge is 0.409 e. The summed E-state index contributed by atoms with van der Waals surface area (Å²) in [4.78, 5) is 12.0. The molecular weight excluding hydrogens is 406 g/mol. The topological polar surface area (TPSA) is 50.4 Å². The summed E-state index contributed by atoms with van der Waals surface area (Å²) in [6, 6.07) is 14.5. The summed E-state index contributed by atoms with van der Waals surface area (Å²) in [6.07, 6.45) is -1.73. The second kappa shape index (κ2) is 8.86. The van der Waals surface area contributed by atoms with Gasteiger partial charge in [0.1, 0.15) is 12.8 Å². The molecule has 2 rings (SSSR count). The molecule has 0 spiro atoms. The quantitative estimate of drug-likeness (QED) is 0.482. The zero-order valence-electron chi connectivity index (χ0n) is 13.2. The van der Waals surface area contributed by atoms with Gasteiger partial charge in [0.15, 0.2) is 0 Å². The Hall–Kier alpha value is -1.33. The van der Waals surface area contributed by atoms with E-state index in [4.69, 9.17) is 51.1 Å². The Balaban J connectivity index is 1.98. The van der Waals surface area contributed by atoms with Crippen LogP contribution in [0.1, 0.15) is 11.1 Å². The number of halogens is 4. The third-order valence-corrected chi connectivity index (χ3v) is 4.29. The van der Waals surface area contributed by atoms with E-state index in [0.717, 1.165) is 5.56 Å². The SMILES string of the molecule is Cc1ccc(NC(NC(=O)OCc2ccccc2Cl)C(Cl)(Cl)Cl)cc1. The summed E-state index contributed by atoms with van der Waals surface area (Å²) < 4.78 is 3.36. The van der Waals surface area contributed by atoms with E-state index in [2.05, 4.69) is 10.6 Å². The number of carbonyl (C=O) groups is 1. The average molecular weight is 422 g/mol. The van der Waals surface area contributed by atoms with Crippen molar-refractivity contribution in [2.75, 3.05) is 5.32 Å². The van der Waals surface area contributed by atoms with E-state index in [0.29, 0.717) is 16.3 Å². The summed E-state index contributed by atoms with van der Waals surface area (Å²) >= 11 is 23.9. The lowest BCUT2D eigenvalue weighted by molar-refractivity contribution is 0.137. The highest BCUT2D eigenvalue weighted by Gasteiger charge is 2.34. The molecule has 0 saturated heterocycles. The summed E-state index contributed by atoms with van der Waals surface area (Å²) in [5.74, 6) is 0. The monoisotopic (exact) mass is 420 g/mol. The number of alkyl carbamates (subject to hydrolysis) is 1. The number of anilines is 1. The molecule has 1 amide bonds. The van der Waals surface area contributed by atoms with E-state index < -0.39 is 16.1 Å². The lowest BCUT2D eigenvalue weighted by Crippen LogP contribution is -2.49. The number of aryl methyl sites for hydroxylation is 1. The van der Waals surface area contributed by atoms with E-state index in [9.17, 15) is 4.79 Å². The van der Waals surface area contributed by atoms with Crippen molar-refractivity contribution in [3.05, 3.63) is 64.7 Å². The molecule has 0 aliphatic carbocycles. The van der Waals surface area contributed by atoms with Crippen LogP contribution < -0.4 is 10.6 Å². The molecule has 8 heteroatoms. The van der Waals surface area contributed by atoms with Crippen molar-refractivity contribution in [1.82, 2.24) is 5.32 Å². The number of ether oxygens (including phenoxy) is 1. The summed E-state index contributed by atoms with van der Waals surface area (Å²) in [5.41, 5.74) is 2.45. The molecule has 0 fully saturated rings. The van der Waals surface area contributed by atoms with Gasteiger partial charge in [0, 0.05) is 16.3 Å². The standard InChI is InChI=1S/C17H16Cl4N2O2/c1-11-6-8-13(9-7-11)22-15(17(19,20)21)23-16(24)25-10-12-4-2-3-5-14(12)18/h2-9,15,22H,10H2,1H3,(H,23,24). The second-order valence-electron chi connectivity index (χ2n) is 5.30. The van der Waals surface area contributed by atoms with E-state index in [1.54, 1.807) is 24.3 Å². The molecule has 0 saturated carbocycles. The molecule has 2 aromatic carbocycles. The lowest BCUT2D eigenvalue weighted by Gasteiger charge is -2.27. The number of nitrogens with one attached hydrogen (secondary N) is 2. The number of hydrogen-bond acceptors (Lipinski definition) is 3. The number of carbonyl (C=O) groups excluding carboxylic acids is 1. The van der Waals surface area contributed by atoms with Crippen LogP contribution in [0.5, 0.6) is 0 Å². The third kappa shape index (κ3) is 6.48. The average Bonchev–Trinajstić information content (AvgIpc) is 2.54. The van der Waals surface area contributed by atoms with Gasteiger partial charge in [0.25, 0.3) is 0 Å². The van der Waals surface area contributed by atoms with Gasteiger partial charge in [-0.2, -0.15) is 0 Å². The van der Waals surface area contributed by atoms with Gasteiger partial charge < -0.3 is 10.1 Å². The molecular formula is C17H16Cl4N2O2. The van der Waals surface area contributed by atoms with Gasteiger partial charge >= 0.3 is 6.09 Å². The fraction of sp³-hybridized carbons (Fsp3) is 0.235. The first-order valence-electron chi connectivity index (χ1n) is 7.32. The number of hydrogen-bond donors (Lipinski definition) is 2.